The number of likely N-dealkylation sites (N-methyl/N-ethyl adjacent to an activating group) is 1. The Balaban J connectivity index is 1.60. The van der Waals surface area contributed by atoms with E-state index in [1.54, 1.807) is 0 Å². The first-order valence-electron chi connectivity index (χ1n) is 6.56. The molecule has 0 radical (unpaired) electrons. The van der Waals surface area contributed by atoms with Gasteiger partial charge in [0, 0.05) is 32.1 Å². The van der Waals surface area contributed by atoms with E-state index >= 15 is 0 Å². The van der Waals surface area contributed by atoms with Crippen LogP contribution in [0.4, 0.5) is 0 Å². The van der Waals surface area contributed by atoms with Crippen LogP contribution in [0.1, 0.15) is 12.5 Å². The van der Waals surface area contributed by atoms with Crippen molar-refractivity contribution in [3.8, 4) is 5.75 Å². The van der Waals surface area contributed by atoms with Crippen LogP contribution < -0.4 is 10.1 Å². The van der Waals surface area contributed by atoms with Crippen molar-refractivity contribution in [2.24, 2.45) is 0 Å². The second kappa shape index (κ2) is 4.67. The van der Waals surface area contributed by atoms with Crippen molar-refractivity contribution in [1.82, 2.24) is 10.2 Å². The first kappa shape index (κ1) is 11.1. The Hall–Kier alpha value is -1.06. The minimum Gasteiger partial charge on any atom is -0.488 e. The van der Waals surface area contributed by atoms with Crippen LogP contribution in [0, 0.1) is 0 Å². The Labute approximate surface area is 103 Å². The molecule has 2 heterocycles. The second-order valence-electron chi connectivity index (χ2n) is 4.95. The summed E-state index contributed by atoms with van der Waals surface area (Å²) in [6, 6.07) is 9.12. The normalized spacial score (nSPS) is 23.3. The molecule has 1 atom stereocenters. The van der Waals surface area contributed by atoms with Crippen LogP contribution in [0.3, 0.4) is 0 Å². The van der Waals surface area contributed by atoms with Gasteiger partial charge in [0.15, 0.2) is 0 Å². The summed E-state index contributed by atoms with van der Waals surface area (Å²) in [5, 5.41) is 3.34. The number of benzene rings is 1. The standard InChI is InChI=1S/C14H20N2O/c1-2-16(12-8-15-9-12)10-13-7-11-5-3-4-6-14(11)17-13/h3-6,12-13,15H,2,7-10H2,1H3. The van der Waals surface area contributed by atoms with Gasteiger partial charge in [-0.25, -0.2) is 0 Å². The molecule has 1 unspecified atom stereocenters. The second-order valence-corrected chi connectivity index (χ2v) is 4.95. The molecule has 2 aliphatic heterocycles. The zero-order valence-electron chi connectivity index (χ0n) is 10.4. The van der Waals surface area contributed by atoms with E-state index in [1.165, 1.54) is 5.56 Å². The smallest absolute Gasteiger partial charge is 0.123 e. The van der Waals surface area contributed by atoms with E-state index in [1.807, 2.05) is 0 Å². The van der Waals surface area contributed by atoms with Gasteiger partial charge in [0.25, 0.3) is 0 Å². The summed E-state index contributed by atoms with van der Waals surface area (Å²) >= 11 is 0. The van der Waals surface area contributed by atoms with Crippen molar-refractivity contribution in [1.29, 1.82) is 0 Å². The molecule has 1 N–H and O–H groups in total. The van der Waals surface area contributed by atoms with Crippen molar-refractivity contribution in [2.75, 3.05) is 26.2 Å². The molecule has 3 heteroatoms. The van der Waals surface area contributed by atoms with E-state index in [0.717, 1.165) is 38.3 Å². The van der Waals surface area contributed by atoms with Gasteiger partial charge in [-0.2, -0.15) is 0 Å². The topological polar surface area (TPSA) is 24.5 Å². The molecule has 0 amide bonds. The van der Waals surface area contributed by atoms with Gasteiger partial charge in [-0.05, 0) is 18.2 Å². The van der Waals surface area contributed by atoms with Crippen LogP contribution in [0.5, 0.6) is 5.75 Å². The molecule has 0 aromatic heterocycles. The fourth-order valence-electron chi connectivity index (χ4n) is 2.69. The molecule has 92 valence electrons. The van der Waals surface area contributed by atoms with Crippen LogP contribution in [-0.2, 0) is 6.42 Å². The molecule has 0 saturated carbocycles. The van der Waals surface area contributed by atoms with Gasteiger partial charge in [0.2, 0.25) is 0 Å². The maximum atomic E-state index is 6.00. The van der Waals surface area contributed by atoms with E-state index in [4.69, 9.17) is 4.74 Å². The van der Waals surface area contributed by atoms with E-state index in [9.17, 15) is 0 Å². The highest BCUT2D eigenvalue weighted by Crippen LogP contribution is 2.28. The van der Waals surface area contributed by atoms with Gasteiger partial charge in [-0.3, -0.25) is 4.90 Å². The minimum absolute atomic E-state index is 0.341. The zero-order valence-corrected chi connectivity index (χ0v) is 10.4. The summed E-state index contributed by atoms with van der Waals surface area (Å²) in [6.45, 7) is 6.67. The molecular formula is C14H20N2O. The highest BCUT2D eigenvalue weighted by atomic mass is 16.5. The molecular weight excluding hydrogens is 212 g/mol. The maximum Gasteiger partial charge on any atom is 0.123 e. The summed E-state index contributed by atoms with van der Waals surface area (Å²) in [7, 11) is 0. The Morgan fingerprint density at radius 3 is 2.82 bits per heavy atom. The number of fused-ring (bicyclic) bond motifs is 1. The van der Waals surface area contributed by atoms with Crippen molar-refractivity contribution in [3.63, 3.8) is 0 Å². The third-order valence-corrected chi connectivity index (χ3v) is 3.83. The lowest BCUT2D eigenvalue weighted by Gasteiger charge is -2.38. The molecule has 0 aliphatic carbocycles. The highest BCUT2D eigenvalue weighted by molar-refractivity contribution is 5.37. The van der Waals surface area contributed by atoms with E-state index in [-0.39, 0.29) is 0 Å². The third kappa shape index (κ3) is 2.17. The third-order valence-electron chi connectivity index (χ3n) is 3.83. The first-order chi connectivity index (χ1) is 8.36. The van der Waals surface area contributed by atoms with Crippen LogP contribution >= 0.6 is 0 Å². The van der Waals surface area contributed by atoms with Crippen LogP contribution in [0.15, 0.2) is 24.3 Å². The Morgan fingerprint density at radius 2 is 2.18 bits per heavy atom. The van der Waals surface area contributed by atoms with Gasteiger partial charge >= 0.3 is 0 Å². The van der Waals surface area contributed by atoms with Gasteiger partial charge in [-0.15, -0.1) is 0 Å². The fraction of sp³-hybridized carbons (Fsp3) is 0.571. The molecule has 1 aromatic carbocycles. The number of rotatable bonds is 4. The summed E-state index contributed by atoms with van der Waals surface area (Å²) in [5.41, 5.74) is 1.36. The van der Waals surface area contributed by atoms with E-state index in [0.29, 0.717) is 12.1 Å². The summed E-state index contributed by atoms with van der Waals surface area (Å²) in [5.74, 6) is 1.08. The molecule has 1 saturated heterocycles. The number of hydrogen-bond donors (Lipinski definition) is 1. The highest BCUT2D eigenvalue weighted by Gasteiger charge is 2.29. The summed E-state index contributed by atoms with van der Waals surface area (Å²) in [4.78, 5) is 2.53. The summed E-state index contributed by atoms with van der Waals surface area (Å²) < 4.78 is 6.00. The van der Waals surface area contributed by atoms with Crippen LogP contribution in [0.2, 0.25) is 0 Å². The Morgan fingerprint density at radius 1 is 1.35 bits per heavy atom. The largest absolute Gasteiger partial charge is 0.488 e. The number of para-hydroxylation sites is 1. The minimum atomic E-state index is 0.341. The van der Waals surface area contributed by atoms with Gasteiger partial charge in [0.1, 0.15) is 11.9 Å². The molecule has 1 fully saturated rings. The van der Waals surface area contributed by atoms with E-state index < -0.39 is 0 Å². The first-order valence-corrected chi connectivity index (χ1v) is 6.56. The Kier molecular flexibility index (Phi) is 3.04. The van der Waals surface area contributed by atoms with Crippen molar-refractivity contribution < 1.29 is 4.74 Å². The van der Waals surface area contributed by atoms with Crippen molar-refractivity contribution >= 4 is 0 Å². The predicted molar refractivity (Wildman–Crippen MR) is 68.5 cm³/mol. The molecule has 3 rings (SSSR count). The summed E-state index contributed by atoms with van der Waals surface area (Å²) in [6.07, 6.45) is 1.40. The number of nitrogens with one attached hydrogen (secondary N) is 1. The molecule has 0 bridgehead atoms. The molecule has 1 aromatic rings. The number of nitrogens with zero attached hydrogens (tertiary/aromatic N) is 1. The van der Waals surface area contributed by atoms with Crippen LogP contribution in [-0.4, -0.2) is 43.2 Å². The Bertz CT molecular complexity index is 365. The molecule has 3 nitrogen and oxygen atoms in total. The zero-order chi connectivity index (χ0) is 11.7. The maximum absolute atomic E-state index is 6.00. The quantitative estimate of drug-likeness (QED) is 0.846. The number of ether oxygens (including phenoxy) is 1. The van der Waals surface area contributed by atoms with Crippen molar-refractivity contribution in [2.45, 2.75) is 25.5 Å². The lowest BCUT2D eigenvalue weighted by molar-refractivity contribution is 0.0951. The van der Waals surface area contributed by atoms with E-state index in [2.05, 4.69) is 41.4 Å². The monoisotopic (exact) mass is 232 g/mol. The molecule has 0 spiro atoms. The average Bonchev–Trinajstić information content (AvgIpc) is 2.67. The lowest BCUT2D eigenvalue weighted by atomic mass is 10.1. The van der Waals surface area contributed by atoms with Gasteiger partial charge < -0.3 is 10.1 Å². The van der Waals surface area contributed by atoms with Gasteiger partial charge in [-0.1, -0.05) is 25.1 Å². The van der Waals surface area contributed by atoms with Crippen LogP contribution in [0.25, 0.3) is 0 Å². The van der Waals surface area contributed by atoms with Gasteiger partial charge in [0.05, 0.1) is 0 Å². The molecule has 2 aliphatic rings. The average molecular weight is 232 g/mol. The fourth-order valence-corrected chi connectivity index (χ4v) is 2.69. The molecule has 17 heavy (non-hydrogen) atoms. The number of hydrogen-bond acceptors (Lipinski definition) is 3. The van der Waals surface area contributed by atoms with Crippen molar-refractivity contribution in [3.05, 3.63) is 29.8 Å². The SMILES string of the molecule is CCN(CC1Cc2ccccc2O1)C1CNC1. The lowest BCUT2D eigenvalue weighted by Crippen LogP contribution is -2.58. The predicted octanol–water partition coefficient (Wildman–Crippen LogP) is 1.28.